The fraction of sp³-hybridized carbons (Fsp3) is 0.320. The van der Waals surface area contributed by atoms with Crippen LogP contribution < -0.4 is 15.1 Å². The average Bonchev–Trinajstić information content (AvgIpc) is 3.65. The highest BCUT2D eigenvalue weighted by Gasteiger charge is 2.34. The molecule has 5 rings (SSSR count). The van der Waals surface area contributed by atoms with Gasteiger partial charge in [-0.15, -0.1) is 10.2 Å². The fourth-order valence-corrected chi connectivity index (χ4v) is 4.14. The molecule has 5 heterocycles. The lowest BCUT2D eigenvalue weighted by molar-refractivity contribution is 0.0996. The van der Waals surface area contributed by atoms with Crippen molar-refractivity contribution in [3.05, 3.63) is 59.8 Å². The first kappa shape index (κ1) is 24.9. The Morgan fingerprint density at radius 3 is 2.79 bits per heavy atom. The molecule has 4 aromatic rings. The smallest absolute Gasteiger partial charge is 0.407 e. The highest BCUT2D eigenvalue weighted by molar-refractivity contribution is 6.10. The molecule has 1 aliphatic heterocycles. The third-order valence-corrected chi connectivity index (χ3v) is 6.43. The van der Waals surface area contributed by atoms with E-state index in [9.17, 15) is 9.59 Å². The van der Waals surface area contributed by atoms with Gasteiger partial charge in [0.15, 0.2) is 5.82 Å². The molecular weight excluding hydrogens is 488 g/mol. The summed E-state index contributed by atoms with van der Waals surface area (Å²) < 4.78 is 8.77. The van der Waals surface area contributed by atoms with Crippen molar-refractivity contribution in [2.75, 3.05) is 23.9 Å². The molecule has 4 aromatic heterocycles. The summed E-state index contributed by atoms with van der Waals surface area (Å²) in [7, 11) is 5.22. The van der Waals surface area contributed by atoms with Gasteiger partial charge in [-0.3, -0.25) is 18.9 Å². The van der Waals surface area contributed by atoms with Gasteiger partial charge in [-0.25, -0.2) is 14.8 Å². The van der Waals surface area contributed by atoms with Gasteiger partial charge in [0.25, 0.3) is 5.91 Å². The maximum atomic E-state index is 13.7. The van der Waals surface area contributed by atoms with Crippen LogP contribution in [0.3, 0.4) is 0 Å². The molecule has 1 aliphatic rings. The second-order valence-corrected chi connectivity index (χ2v) is 9.15. The first-order chi connectivity index (χ1) is 18.3. The van der Waals surface area contributed by atoms with E-state index in [4.69, 9.17) is 14.7 Å². The Labute approximate surface area is 219 Å². The molecule has 13 heteroatoms. The quantitative estimate of drug-likeness (QED) is 0.392. The number of fused-ring (bicyclic) bond motifs is 1. The molecular formula is C25H28N10O3. The number of amides is 2. The summed E-state index contributed by atoms with van der Waals surface area (Å²) in [4.78, 5) is 38.5. The Hall–Kier alpha value is -4.81. The van der Waals surface area contributed by atoms with Crippen molar-refractivity contribution < 1.29 is 14.3 Å². The van der Waals surface area contributed by atoms with E-state index >= 15 is 0 Å². The van der Waals surface area contributed by atoms with Crippen molar-refractivity contribution in [1.29, 1.82) is 0 Å². The van der Waals surface area contributed by atoms with Crippen LogP contribution in [0.15, 0.2) is 43.0 Å². The van der Waals surface area contributed by atoms with Gasteiger partial charge >= 0.3 is 6.09 Å². The fourth-order valence-electron chi connectivity index (χ4n) is 4.14. The van der Waals surface area contributed by atoms with E-state index in [2.05, 4.69) is 20.6 Å². The summed E-state index contributed by atoms with van der Waals surface area (Å²) in [5.74, 6) is 1.39. The number of aryl methyl sites for hydroxylation is 1. The standard InChI is InChI=1S/C25H28N10O3/c1-15(2)33(5)22-9-17-18(20(30-22)13-38-25(37)26-3)12-34(24(17)36)21-8-6-7-19(29-21)23-31-27-14-35(23)16-10-28-32(4)11-16/h6-11,14-15H,12-13H2,1-5H3,(H,26,37). The minimum absolute atomic E-state index is 0.0649. The summed E-state index contributed by atoms with van der Waals surface area (Å²) in [6.45, 7) is 4.24. The zero-order valence-electron chi connectivity index (χ0n) is 21.8. The number of hydrogen-bond donors (Lipinski definition) is 1. The molecule has 13 nitrogen and oxygen atoms in total. The molecule has 0 aliphatic carbocycles. The van der Waals surface area contributed by atoms with Crippen molar-refractivity contribution >= 4 is 23.6 Å². The number of carbonyl (C=O) groups is 2. The summed E-state index contributed by atoms with van der Waals surface area (Å²) in [5, 5.41) is 14.9. The molecule has 38 heavy (non-hydrogen) atoms. The van der Waals surface area contributed by atoms with E-state index < -0.39 is 6.09 Å². The van der Waals surface area contributed by atoms with Crippen molar-refractivity contribution in [3.63, 3.8) is 0 Å². The number of nitrogens with zero attached hydrogens (tertiary/aromatic N) is 9. The van der Waals surface area contributed by atoms with E-state index in [1.807, 2.05) is 51.2 Å². The lowest BCUT2D eigenvalue weighted by atomic mass is 10.1. The van der Waals surface area contributed by atoms with Crippen molar-refractivity contribution in [2.24, 2.45) is 7.05 Å². The topological polar surface area (TPSA) is 136 Å². The van der Waals surface area contributed by atoms with Gasteiger partial charge in [0.05, 0.1) is 29.7 Å². The van der Waals surface area contributed by atoms with E-state index in [0.717, 1.165) is 5.69 Å². The first-order valence-corrected chi connectivity index (χ1v) is 12.0. The van der Waals surface area contributed by atoms with Crippen LogP contribution in [-0.4, -0.2) is 66.7 Å². The third kappa shape index (κ3) is 4.53. The molecule has 0 saturated carbocycles. The van der Waals surface area contributed by atoms with E-state index in [1.54, 1.807) is 38.8 Å². The van der Waals surface area contributed by atoms with Crippen LogP contribution in [0.2, 0.25) is 0 Å². The second-order valence-electron chi connectivity index (χ2n) is 9.15. The molecule has 0 radical (unpaired) electrons. The zero-order chi connectivity index (χ0) is 27.0. The zero-order valence-corrected chi connectivity index (χ0v) is 21.8. The van der Waals surface area contributed by atoms with Gasteiger partial charge in [-0.05, 0) is 32.0 Å². The van der Waals surface area contributed by atoms with Crippen LogP contribution in [0.1, 0.15) is 35.5 Å². The predicted octanol–water partition coefficient (Wildman–Crippen LogP) is 2.32. The van der Waals surface area contributed by atoms with Crippen LogP contribution in [0.5, 0.6) is 0 Å². The lowest BCUT2D eigenvalue weighted by Gasteiger charge is -2.23. The number of aromatic nitrogens is 7. The van der Waals surface area contributed by atoms with Crippen molar-refractivity contribution in [1.82, 2.24) is 39.8 Å². The molecule has 196 valence electrons. The average molecular weight is 517 g/mol. The van der Waals surface area contributed by atoms with Crippen LogP contribution in [0.25, 0.3) is 17.2 Å². The maximum Gasteiger partial charge on any atom is 0.407 e. The molecule has 0 saturated heterocycles. The molecule has 0 bridgehead atoms. The number of anilines is 2. The molecule has 2 amide bonds. The summed E-state index contributed by atoms with van der Waals surface area (Å²) in [6.07, 6.45) is 4.57. The number of ether oxygens (including phenoxy) is 1. The van der Waals surface area contributed by atoms with E-state index in [-0.39, 0.29) is 25.1 Å². The van der Waals surface area contributed by atoms with Gasteiger partial charge < -0.3 is 15.0 Å². The summed E-state index contributed by atoms with van der Waals surface area (Å²) in [5.41, 5.74) is 3.07. The van der Waals surface area contributed by atoms with Gasteiger partial charge in [0, 0.05) is 38.9 Å². The molecule has 0 unspecified atom stereocenters. The van der Waals surface area contributed by atoms with E-state index in [0.29, 0.717) is 40.0 Å². The van der Waals surface area contributed by atoms with Crippen LogP contribution in [0.4, 0.5) is 16.4 Å². The molecule has 0 fully saturated rings. The number of carbonyl (C=O) groups excluding carboxylic acids is 2. The van der Waals surface area contributed by atoms with Gasteiger partial charge in [0.2, 0.25) is 0 Å². The molecule has 0 spiro atoms. The van der Waals surface area contributed by atoms with Crippen molar-refractivity contribution in [2.45, 2.75) is 33.0 Å². The van der Waals surface area contributed by atoms with E-state index in [1.165, 1.54) is 7.05 Å². The van der Waals surface area contributed by atoms with Gasteiger partial charge in [0.1, 0.15) is 30.3 Å². The van der Waals surface area contributed by atoms with Gasteiger partial charge in [-0.1, -0.05) is 6.07 Å². The molecule has 0 aromatic carbocycles. The van der Waals surface area contributed by atoms with Crippen LogP contribution in [-0.2, 0) is 24.9 Å². The maximum absolute atomic E-state index is 13.7. The first-order valence-electron chi connectivity index (χ1n) is 12.0. The minimum atomic E-state index is -0.573. The van der Waals surface area contributed by atoms with Crippen molar-refractivity contribution in [3.8, 4) is 17.2 Å². The summed E-state index contributed by atoms with van der Waals surface area (Å²) in [6, 6.07) is 7.34. The third-order valence-electron chi connectivity index (χ3n) is 6.43. The lowest BCUT2D eigenvalue weighted by Crippen LogP contribution is -2.27. The second kappa shape index (κ2) is 9.92. The molecule has 0 atom stereocenters. The Bertz CT molecular complexity index is 1510. The normalized spacial score (nSPS) is 12.7. The number of pyridine rings is 2. The molecule has 1 N–H and O–H groups in total. The Morgan fingerprint density at radius 2 is 2.08 bits per heavy atom. The number of nitrogens with one attached hydrogen (secondary N) is 1. The number of hydrogen-bond acceptors (Lipinski definition) is 9. The van der Waals surface area contributed by atoms with Crippen LogP contribution in [0, 0.1) is 0 Å². The van der Waals surface area contributed by atoms with Crippen LogP contribution >= 0.6 is 0 Å². The Morgan fingerprint density at radius 1 is 1.26 bits per heavy atom. The predicted molar refractivity (Wildman–Crippen MR) is 139 cm³/mol. The Kier molecular flexibility index (Phi) is 6.49. The number of rotatable bonds is 7. The van der Waals surface area contributed by atoms with Gasteiger partial charge in [-0.2, -0.15) is 5.10 Å². The highest BCUT2D eigenvalue weighted by atomic mass is 16.5. The monoisotopic (exact) mass is 516 g/mol. The summed E-state index contributed by atoms with van der Waals surface area (Å²) >= 11 is 0. The highest BCUT2D eigenvalue weighted by Crippen LogP contribution is 2.33. The number of alkyl carbamates (subject to hydrolysis) is 1. The Balaban J connectivity index is 1.50. The largest absolute Gasteiger partial charge is 0.443 e. The minimum Gasteiger partial charge on any atom is -0.443 e. The SMILES string of the molecule is CNC(=O)OCc1nc(N(C)C(C)C)cc2c1CN(c1cccc(-c3nncn3-c3cnn(C)c3)n1)C2=O.